The molecule has 5 nitrogen and oxygen atoms in total. The van der Waals surface area contributed by atoms with Gasteiger partial charge in [-0.3, -0.25) is 4.79 Å². The second-order valence-electron chi connectivity index (χ2n) is 4.19. The molecule has 0 aliphatic carbocycles. The number of hydrogen-bond donors (Lipinski definition) is 2. The molecule has 0 saturated heterocycles. The predicted octanol–water partition coefficient (Wildman–Crippen LogP) is 2.36. The topological polar surface area (TPSA) is 78.9 Å². The van der Waals surface area contributed by atoms with Crippen LogP contribution in [0.25, 0.3) is 0 Å². The van der Waals surface area contributed by atoms with Crippen LogP contribution in [0.15, 0.2) is 27.8 Å². The lowest BCUT2D eigenvalue weighted by Gasteiger charge is -2.20. The van der Waals surface area contributed by atoms with E-state index in [-0.39, 0.29) is 11.7 Å². The van der Waals surface area contributed by atoms with Crippen molar-refractivity contribution in [2.24, 2.45) is 10.9 Å². The van der Waals surface area contributed by atoms with Gasteiger partial charge in [0.1, 0.15) is 5.84 Å². The van der Waals surface area contributed by atoms with Crippen LogP contribution in [-0.4, -0.2) is 34.9 Å². The maximum atomic E-state index is 12.3. The van der Waals surface area contributed by atoms with E-state index in [0.717, 1.165) is 10.0 Å². The molecule has 1 amide bonds. The number of aryl methyl sites for hydroxylation is 1. The van der Waals surface area contributed by atoms with Crippen molar-refractivity contribution in [3.8, 4) is 0 Å². The summed E-state index contributed by atoms with van der Waals surface area (Å²) in [7, 11) is 0. The van der Waals surface area contributed by atoms with Crippen molar-refractivity contribution in [1.29, 1.82) is 0 Å². The van der Waals surface area contributed by atoms with Gasteiger partial charge in [-0.1, -0.05) is 27.2 Å². The first-order valence-electron chi connectivity index (χ1n) is 6.01. The molecule has 0 atom stereocenters. The standard InChI is InChI=1S/C13H18BrN3O2/c1-3-17(7-6-12(15)16-19)13(18)10-5-4-9(2)11(14)8-10/h4-5,8,19H,3,6-7H2,1-2H3,(H2,15,16). The Morgan fingerprint density at radius 3 is 2.74 bits per heavy atom. The van der Waals surface area contributed by atoms with Gasteiger partial charge in [0, 0.05) is 29.5 Å². The van der Waals surface area contributed by atoms with E-state index in [2.05, 4.69) is 21.1 Å². The summed E-state index contributed by atoms with van der Waals surface area (Å²) in [6, 6.07) is 5.51. The van der Waals surface area contributed by atoms with Crippen molar-refractivity contribution in [2.75, 3.05) is 13.1 Å². The first-order valence-corrected chi connectivity index (χ1v) is 6.80. The molecule has 0 saturated carbocycles. The van der Waals surface area contributed by atoms with E-state index in [9.17, 15) is 4.79 Å². The van der Waals surface area contributed by atoms with Crippen LogP contribution >= 0.6 is 15.9 Å². The highest BCUT2D eigenvalue weighted by atomic mass is 79.9. The Morgan fingerprint density at radius 1 is 1.53 bits per heavy atom. The first kappa shape index (κ1) is 15.5. The number of nitrogens with two attached hydrogens (primary N) is 1. The molecule has 0 bridgehead atoms. The minimum absolute atomic E-state index is 0.0612. The Hall–Kier alpha value is -1.56. The van der Waals surface area contributed by atoms with E-state index in [1.807, 2.05) is 26.0 Å². The van der Waals surface area contributed by atoms with Crippen LogP contribution in [0.3, 0.4) is 0 Å². The van der Waals surface area contributed by atoms with Gasteiger partial charge in [0.15, 0.2) is 0 Å². The maximum Gasteiger partial charge on any atom is 0.253 e. The van der Waals surface area contributed by atoms with Crippen LogP contribution < -0.4 is 5.73 Å². The Kier molecular flexibility index (Phi) is 5.82. The van der Waals surface area contributed by atoms with Crippen molar-refractivity contribution >= 4 is 27.7 Å². The molecule has 1 rings (SSSR count). The average molecular weight is 328 g/mol. The minimum atomic E-state index is -0.0612. The van der Waals surface area contributed by atoms with E-state index in [0.29, 0.717) is 25.1 Å². The van der Waals surface area contributed by atoms with Gasteiger partial charge in [-0.25, -0.2) is 0 Å². The van der Waals surface area contributed by atoms with E-state index in [1.165, 1.54) is 0 Å². The third-order valence-corrected chi connectivity index (χ3v) is 3.71. The summed E-state index contributed by atoms with van der Waals surface area (Å²) in [5, 5.41) is 11.4. The Labute approximate surface area is 121 Å². The third kappa shape index (κ3) is 4.24. The summed E-state index contributed by atoms with van der Waals surface area (Å²) in [6.07, 6.45) is 0.350. The van der Waals surface area contributed by atoms with E-state index in [4.69, 9.17) is 10.9 Å². The number of benzene rings is 1. The molecule has 19 heavy (non-hydrogen) atoms. The van der Waals surface area contributed by atoms with E-state index < -0.39 is 0 Å². The van der Waals surface area contributed by atoms with Crippen molar-refractivity contribution in [3.05, 3.63) is 33.8 Å². The Bertz CT molecular complexity index is 489. The lowest BCUT2D eigenvalue weighted by Crippen LogP contribution is -2.34. The molecule has 0 fully saturated rings. The zero-order valence-corrected chi connectivity index (χ0v) is 12.6. The molecule has 104 valence electrons. The summed E-state index contributed by atoms with van der Waals surface area (Å²) in [4.78, 5) is 14.0. The molecule has 0 aliphatic heterocycles. The van der Waals surface area contributed by atoms with Gasteiger partial charge >= 0.3 is 0 Å². The fraction of sp³-hybridized carbons (Fsp3) is 0.385. The van der Waals surface area contributed by atoms with Crippen LogP contribution in [0, 0.1) is 6.92 Å². The highest BCUT2D eigenvalue weighted by Gasteiger charge is 2.15. The van der Waals surface area contributed by atoms with Crippen LogP contribution in [0.4, 0.5) is 0 Å². The van der Waals surface area contributed by atoms with Crippen molar-refractivity contribution in [1.82, 2.24) is 4.90 Å². The molecular weight excluding hydrogens is 310 g/mol. The second-order valence-corrected chi connectivity index (χ2v) is 5.04. The van der Waals surface area contributed by atoms with E-state index >= 15 is 0 Å². The number of amides is 1. The van der Waals surface area contributed by atoms with Gasteiger partial charge in [0.2, 0.25) is 0 Å². The highest BCUT2D eigenvalue weighted by molar-refractivity contribution is 9.10. The Morgan fingerprint density at radius 2 is 2.21 bits per heavy atom. The van der Waals surface area contributed by atoms with E-state index in [1.54, 1.807) is 11.0 Å². The van der Waals surface area contributed by atoms with Crippen LogP contribution in [0.5, 0.6) is 0 Å². The molecule has 1 aromatic rings. The average Bonchev–Trinajstić information content (AvgIpc) is 2.41. The number of halogens is 1. The van der Waals surface area contributed by atoms with Crippen molar-refractivity contribution in [3.63, 3.8) is 0 Å². The third-order valence-electron chi connectivity index (χ3n) is 2.85. The van der Waals surface area contributed by atoms with Crippen molar-refractivity contribution in [2.45, 2.75) is 20.3 Å². The molecule has 6 heteroatoms. The molecule has 0 radical (unpaired) electrons. The zero-order valence-electron chi connectivity index (χ0n) is 11.1. The summed E-state index contributed by atoms with van der Waals surface area (Å²) < 4.78 is 0.908. The zero-order chi connectivity index (χ0) is 14.4. The molecule has 0 spiro atoms. The van der Waals surface area contributed by atoms with Gasteiger partial charge < -0.3 is 15.8 Å². The fourth-order valence-corrected chi connectivity index (χ4v) is 1.99. The summed E-state index contributed by atoms with van der Waals surface area (Å²) >= 11 is 3.42. The minimum Gasteiger partial charge on any atom is -0.409 e. The lowest BCUT2D eigenvalue weighted by molar-refractivity contribution is 0.0768. The smallest absolute Gasteiger partial charge is 0.253 e. The number of carbonyl (C=O) groups is 1. The predicted molar refractivity (Wildman–Crippen MR) is 78.5 cm³/mol. The van der Waals surface area contributed by atoms with Gasteiger partial charge in [-0.15, -0.1) is 0 Å². The molecule has 0 aromatic heterocycles. The number of carbonyl (C=O) groups excluding carboxylic acids is 1. The highest BCUT2D eigenvalue weighted by Crippen LogP contribution is 2.18. The van der Waals surface area contributed by atoms with Crippen LogP contribution in [0.1, 0.15) is 29.3 Å². The molecule has 0 unspecified atom stereocenters. The largest absolute Gasteiger partial charge is 0.409 e. The van der Waals surface area contributed by atoms with Crippen molar-refractivity contribution < 1.29 is 10.0 Å². The van der Waals surface area contributed by atoms with Gasteiger partial charge in [0.25, 0.3) is 5.91 Å². The summed E-state index contributed by atoms with van der Waals surface area (Å²) in [5.74, 6) is 0.0604. The monoisotopic (exact) mass is 327 g/mol. The van der Waals surface area contributed by atoms with Gasteiger partial charge in [-0.2, -0.15) is 0 Å². The maximum absolute atomic E-state index is 12.3. The van der Waals surface area contributed by atoms with Crippen LogP contribution in [-0.2, 0) is 0 Å². The molecular formula is C13H18BrN3O2. The Balaban J connectivity index is 2.80. The number of oxime groups is 1. The van der Waals surface area contributed by atoms with Gasteiger partial charge in [-0.05, 0) is 31.5 Å². The molecule has 1 aromatic carbocycles. The molecule has 0 heterocycles. The summed E-state index contributed by atoms with van der Waals surface area (Å²) in [5.41, 5.74) is 7.12. The fourth-order valence-electron chi connectivity index (χ4n) is 1.61. The quantitative estimate of drug-likeness (QED) is 0.377. The number of nitrogens with zero attached hydrogens (tertiary/aromatic N) is 2. The molecule has 3 N–H and O–H groups in total. The number of hydrogen-bond acceptors (Lipinski definition) is 3. The lowest BCUT2D eigenvalue weighted by atomic mass is 10.1. The first-order chi connectivity index (χ1) is 8.99. The van der Waals surface area contributed by atoms with Crippen LogP contribution in [0.2, 0.25) is 0 Å². The van der Waals surface area contributed by atoms with Gasteiger partial charge in [0.05, 0.1) is 0 Å². The summed E-state index contributed by atoms with van der Waals surface area (Å²) in [6.45, 7) is 4.86. The molecule has 0 aliphatic rings. The normalized spacial score (nSPS) is 11.4. The SMILES string of the molecule is CCN(CC/C(N)=N/O)C(=O)c1ccc(C)c(Br)c1. The second kappa shape index (κ2) is 7.13. The number of amidine groups is 1. The number of rotatable bonds is 5.